The van der Waals surface area contributed by atoms with Gasteiger partial charge in [0.25, 0.3) is 5.91 Å². The van der Waals surface area contributed by atoms with Crippen molar-refractivity contribution >= 4 is 21.4 Å². The maximum atomic E-state index is 12.9. The predicted octanol–water partition coefficient (Wildman–Crippen LogP) is 2.49. The number of hydrogen-bond donors (Lipinski definition) is 1. The lowest BCUT2D eigenvalue weighted by atomic mass is 9.95. The number of hydrogen-bond acceptors (Lipinski definition) is 7. The molecule has 1 aliphatic rings. The van der Waals surface area contributed by atoms with E-state index in [9.17, 15) is 18.5 Å². The van der Waals surface area contributed by atoms with Gasteiger partial charge in [0.2, 0.25) is 0 Å². The van der Waals surface area contributed by atoms with Crippen molar-refractivity contribution in [2.45, 2.75) is 10.9 Å². The zero-order valence-corrected chi connectivity index (χ0v) is 19.6. The van der Waals surface area contributed by atoms with Gasteiger partial charge in [-0.1, -0.05) is 30.3 Å². The van der Waals surface area contributed by atoms with Gasteiger partial charge in [0.1, 0.15) is 0 Å². The highest BCUT2D eigenvalue weighted by molar-refractivity contribution is 7.90. The van der Waals surface area contributed by atoms with Gasteiger partial charge in [-0.15, -0.1) is 0 Å². The molecule has 1 atom stereocenters. The van der Waals surface area contributed by atoms with Crippen molar-refractivity contribution in [3.05, 3.63) is 89.2 Å². The molecule has 4 rings (SSSR count). The van der Waals surface area contributed by atoms with E-state index in [4.69, 9.17) is 5.73 Å². The summed E-state index contributed by atoms with van der Waals surface area (Å²) < 4.78 is 25.3. The summed E-state index contributed by atoms with van der Waals surface area (Å²) in [5, 5.41) is 9.47. The van der Waals surface area contributed by atoms with Gasteiger partial charge in [0.15, 0.2) is 9.84 Å². The van der Waals surface area contributed by atoms with Crippen molar-refractivity contribution in [1.29, 1.82) is 5.26 Å². The molecule has 34 heavy (non-hydrogen) atoms. The molecule has 174 valence electrons. The summed E-state index contributed by atoms with van der Waals surface area (Å²) >= 11 is 0. The van der Waals surface area contributed by atoms with Crippen LogP contribution < -0.4 is 5.73 Å². The fraction of sp³-hybridized carbons (Fsp3) is 0.240. The van der Waals surface area contributed by atoms with Gasteiger partial charge >= 0.3 is 0 Å². The summed E-state index contributed by atoms with van der Waals surface area (Å²) in [5.74, 6) is -0.140. The van der Waals surface area contributed by atoms with Crippen molar-refractivity contribution in [3.63, 3.8) is 0 Å². The van der Waals surface area contributed by atoms with Gasteiger partial charge < -0.3 is 10.6 Å². The van der Waals surface area contributed by atoms with E-state index in [1.807, 2.05) is 30.3 Å². The number of rotatable bonds is 5. The summed E-state index contributed by atoms with van der Waals surface area (Å²) in [7, 11) is -3.53. The number of carbonyl (C=O) groups is 1. The Labute approximate surface area is 199 Å². The molecular weight excluding hydrogens is 450 g/mol. The Hall–Kier alpha value is -3.74. The normalized spacial score (nSPS) is 15.5. The molecule has 9 heteroatoms. The minimum absolute atomic E-state index is 0.140. The van der Waals surface area contributed by atoms with Crippen LogP contribution in [0.5, 0.6) is 0 Å². The highest BCUT2D eigenvalue weighted by atomic mass is 32.2. The quantitative estimate of drug-likeness (QED) is 0.602. The van der Waals surface area contributed by atoms with Crippen molar-refractivity contribution < 1.29 is 13.2 Å². The minimum Gasteiger partial charge on any atom is -0.397 e. The van der Waals surface area contributed by atoms with E-state index in [-0.39, 0.29) is 16.8 Å². The number of amides is 1. The van der Waals surface area contributed by atoms with E-state index in [0.717, 1.165) is 5.56 Å². The van der Waals surface area contributed by atoms with Crippen LogP contribution in [-0.4, -0.2) is 61.5 Å². The molecule has 1 aliphatic heterocycles. The second-order valence-electron chi connectivity index (χ2n) is 8.28. The third-order valence-electron chi connectivity index (χ3n) is 5.92. The van der Waals surface area contributed by atoms with Crippen LogP contribution in [0.2, 0.25) is 0 Å². The third-order valence-corrected chi connectivity index (χ3v) is 7.09. The van der Waals surface area contributed by atoms with E-state index < -0.39 is 9.84 Å². The maximum absolute atomic E-state index is 12.9. The molecule has 2 N–H and O–H groups in total. The lowest BCUT2D eigenvalue weighted by Gasteiger charge is -2.40. The van der Waals surface area contributed by atoms with Crippen molar-refractivity contribution in [1.82, 2.24) is 14.8 Å². The van der Waals surface area contributed by atoms with Crippen molar-refractivity contribution in [2.24, 2.45) is 0 Å². The standard InChI is InChI=1S/C25H25N5O3S/c1-34(32,33)23-8-7-18(15-26)13-22(23)24(19-5-3-2-4-6-19)29-9-11-30(12-10-29)25(31)20-14-21(27)17-28-16-20/h2-8,13-14,16-17,24H,9-12,27H2,1H3/t24-/m0/s1. The summed E-state index contributed by atoms with van der Waals surface area (Å²) in [4.78, 5) is 21.0. The topological polar surface area (TPSA) is 120 Å². The average molecular weight is 476 g/mol. The molecule has 0 saturated carbocycles. The van der Waals surface area contributed by atoms with Gasteiger partial charge in [-0.2, -0.15) is 5.26 Å². The smallest absolute Gasteiger partial charge is 0.255 e. The number of benzene rings is 2. The number of nitrogens with zero attached hydrogens (tertiary/aromatic N) is 4. The van der Waals surface area contributed by atoms with Gasteiger partial charge in [0, 0.05) is 44.8 Å². The highest BCUT2D eigenvalue weighted by Gasteiger charge is 2.31. The third kappa shape index (κ3) is 4.93. The van der Waals surface area contributed by atoms with E-state index in [1.165, 1.54) is 30.8 Å². The SMILES string of the molecule is CS(=O)(=O)c1ccc(C#N)cc1[C@H](c1ccccc1)N1CCN(C(=O)c2cncc(N)c2)CC1. The Morgan fingerprint density at radius 1 is 1.06 bits per heavy atom. The number of piperazine rings is 1. The molecular formula is C25H25N5O3S. The Morgan fingerprint density at radius 3 is 2.38 bits per heavy atom. The molecule has 8 nitrogen and oxygen atoms in total. The number of nitrogen functional groups attached to an aromatic ring is 1. The number of anilines is 1. The lowest BCUT2D eigenvalue weighted by molar-refractivity contribution is 0.0595. The van der Waals surface area contributed by atoms with Crippen molar-refractivity contribution in [3.8, 4) is 6.07 Å². The van der Waals surface area contributed by atoms with E-state index in [2.05, 4.69) is 16.0 Å². The number of carbonyl (C=O) groups excluding carboxylic acids is 1. The Bertz CT molecular complexity index is 1340. The molecule has 1 amide bonds. The van der Waals surface area contributed by atoms with Crippen LogP contribution >= 0.6 is 0 Å². The second-order valence-corrected chi connectivity index (χ2v) is 10.3. The van der Waals surface area contributed by atoms with Crippen LogP contribution in [0.15, 0.2) is 71.9 Å². The largest absolute Gasteiger partial charge is 0.397 e. The predicted molar refractivity (Wildman–Crippen MR) is 129 cm³/mol. The molecule has 0 unspecified atom stereocenters. The molecule has 1 fully saturated rings. The molecule has 0 radical (unpaired) electrons. The Balaban J connectivity index is 1.68. The first kappa shape index (κ1) is 23.4. The molecule has 1 aromatic heterocycles. The molecule has 2 aromatic carbocycles. The minimum atomic E-state index is -3.53. The fourth-order valence-corrected chi connectivity index (χ4v) is 5.25. The summed E-state index contributed by atoms with van der Waals surface area (Å²) in [6.07, 6.45) is 4.17. The van der Waals surface area contributed by atoms with Crippen LogP contribution in [0, 0.1) is 11.3 Å². The zero-order valence-electron chi connectivity index (χ0n) is 18.8. The first-order valence-electron chi connectivity index (χ1n) is 10.8. The Morgan fingerprint density at radius 2 is 1.76 bits per heavy atom. The highest BCUT2D eigenvalue weighted by Crippen LogP contribution is 2.34. The van der Waals surface area contributed by atoms with Gasteiger partial charge in [-0.05, 0) is 35.4 Å². The van der Waals surface area contributed by atoms with Crippen LogP contribution in [-0.2, 0) is 9.84 Å². The van der Waals surface area contributed by atoms with Crippen LogP contribution in [0.4, 0.5) is 5.69 Å². The molecule has 2 heterocycles. The lowest BCUT2D eigenvalue weighted by Crippen LogP contribution is -2.50. The van der Waals surface area contributed by atoms with Crippen LogP contribution in [0.1, 0.15) is 33.1 Å². The van der Waals surface area contributed by atoms with E-state index in [1.54, 1.807) is 17.0 Å². The van der Waals surface area contributed by atoms with E-state index >= 15 is 0 Å². The van der Waals surface area contributed by atoms with Crippen LogP contribution in [0.25, 0.3) is 0 Å². The summed E-state index contributed by atoms with van der Waals surface area (Å²) in [6, 6.07) is 17.6. The molecule has 0 bridgehead atoms. The molecule has 0 aliphatic carbocycles. The van der Waals surface area contributed by atoms with Gasteiger partial charge in [-0.3, -0.25) is 14.7 Å². The number of nitrogens with two attached hydrogens (primary N) is 1. The fourth-order valence-electron chi connectivity index (χ4n) is 4.33. The van der Waals surface area contributed by atoms with Crippen LogP contribution in [0.3, 0.4) is 0 Å². The summed E-state index contributed by atoms with van der Waals surface area (Å²) in [5.41, 5.74) is 8.52. The number of nitriles is 1. The molecule has 1 saturated heterocycles. The van der Waals surface area contributed by atoms with Crippen molar-refractivity contribution in [2.75, 3.05) is 38.2 Å². The molecule has 0 spiro atoms. The number of aromatic nitrogens is 1. The first-order chi connectivity index (χ1) is 16.3. The zero-order chi connectivity index (χ0) is 24.3. The second kappa shape index (κ2) is 9.63. The Kier molecular flexibility index (Phi) is 6.63. The number of pyridine rings is 1. The summed E-state index contributed by atoms with van der Waals surface area (Å²) in [6.45, 7) is 1.98. The molecule has 3 aromatic rings. The van der Waals surface area contributed by atoms with Gasteiger partial charge in [-0.25, -0.2) is 8.42 Å². The van der Waals surface area contributed by atoms with E-state index in [0.29, 0.717) is 48.6 Å². The monoisotopic (exact) mass is 475 g/mol. The number of sulfone groups is 1. The van der Waals surface area contributed by atoms with Gasteiger partial charge in [0.05, 0.1) is 33.8 Å². The maximum Gasteiger partial charge on any atom is 0.255 e. The average Bonchev–Trinajstić information content (AvgIpc) is 2.84. The first-order valence-corrected chi connectivity index (χ1v) is 12.7.